The average molecular weight is 369 g/mol. The summed E-state index contributed by atoms with van der Waals surface area (Å²) in [5, 5.41) is 0.528. The average Bonchev–Trinajstić information content (AvgIpc) is 2.72. The Kier molecular flexibility index (Phi) is 6.07. The van der Waals surface area contributed by atoms with Crippen LogP contribution in [0.1, 0.15) is 52.4 Å². The maximum absolute atomic E-state index is 12.1. The second kappa shape index (κ2) is 7.56. The standard InChI is InChI=1S/C18H26BClO5/c1-7-23-16(21)11-15(12-8-13(20)10-14(9-12)22-6)19-24-17(2,3)18(4,5)25-19/h8-10,15H,7,11H2,1-6H3. The van der Waals surface area contributed by atoms with E-state index in [1.807, 2.05) is 33.8 Å². The molecular formula is C18H26BClO5. The molecule has 1 fully saturated rings. The molecule has 0 aliphatic carbocycles. The zero-order valence-corrected chi connectivity index (χ0v) is 16.5. The fourth-order valence-corrected chi connectivity index (χ4v) is 2.97. The highest BCUT2D eigenvalue weighted by atomic mass is 35.5. The molecule has 1 atom stereocenters. The van der Waals surface area contributed by atoms with Crippen molar-refractivity contribution in [2.45, 2.75) is 58.1 Å². The van der Waals surface area contributed by atoms with Crippen LogP contribution < -0.4 is 4.74 Å². The number of ether oxygens (including phenoxy) is 2. The quantitative estimate of drug-likeness (QED) is 0.561. The fourth-order valence-electron chi connectivity index (χ4n) is 2.74. The van der Waals surface area contributed by atoms with Gasteiger partial charge in [0.25, 0.3) is 0 Å². The molecule has 0 N–H and O–H groups in total. The number of halogens is 1. The number of rotatable bonds is 6. The van der Waals surface area contributed by atoms with Crippen LogP contribution in [0.5, 0.6) is 5.75 Å². The van der Waals surface area contributed by atoms with Gasteiger partial charge in [-0.05, 0) is 58.4 Å². The van der Waals surface area contributed by atoms with Gasteiger partial charge in [0.05, 0.1) is 31.3 Å². The lowest BCUT2D eigenvalue weighted by Crippen LogP contribution is -2.41. The molecule has 1 aliphatic heterocycles. The Hall–Kier alpha value is -1.24. The van der Waals surface area contributed by atoms with Gasteiger partial charge in [0.2, 0.25) is 0 Å². The van der Waals surface area contributed by atoms with Crippen molar-refractivity contribution in [3.05, 3.63) is 28.8 Å². The van der Waals surface area contributed by atoms with E-state index in [1.165, 1.54) is 0 Å². The lowest BCUT2D eigenvalue weighted by atomic mass is 9.66. The minimum atomic E-state index is -0.586. The Morgan fingerprint density at radius 2 is 1.80 bits per heavy atom. The highest BCUT2D eigenvalue weighted by Gasteiger charge is 2.54. The van der Waals surface area contributed by atoms with E-state index in [4.69, 9.17) is 30.4 Å². The molecule has 138 valence electrons. The Morgan fingerprint density at radius 1 is 1.20 bits per heavy atom. The van der Waals surface area contributed by atoms with Crippen molar-refractivity contribution in [3.8, 4) is 5.75 Å². The predicted octanol–water partition coefficient (Wildman–Crippen LogP) is 4.02. The van der Waals surface area contributed by atoms with E-state index in [0.29, 0.717) is 17.4 Å². The zero-order chi connectivity index (χ0) is 18.8. The van der Waals surface area contributed by atoms with Gasteiger partial charge in [-0.1, -0.05) is 11.6 Å². The molecule has 7 heteroatoms. The molecule has 1 aliphatic rings. The first-order valence-electron chi connectivity index (χ1n) is 8.45. The number of methoxy groups -OCH3 is 1. The molecule has 0 saturated carbocycles. The van der Waals surface area contributed by atoms with Crippen LogP contribution in [0.4, 0.5) is 0 Å². The summed E-state index contributed by atoms with van der Waals surface area (Å²) < 4.78 is 22.7. The third kappa shape index (κ3) is 4.49. The van der Waals surface area contributed by atoms with Gasteiger partial charge in [-0.2, -0.15) is 0 Å². The molecule has 1 heterocycles. The van der Waals surface area contributed by atoms with Gasteiger partial charge in [0, 0.05) is 10.8 Å². The topological polar surface area (TPSA) is 54.0 Å². The van der Waals surface area contributed by atoms with Crippen LogP contribution in [0.2, 0.25) is 5.02 Å². The molecule has 1 saturated heterocycles. The summed E-state index contributed by atoms with van der Waals surface area (Å²) in [7, 11) is 0.988. The highest BCUT2D eigenvalue weighted by molar-refractivity contribution is 6.48. The van der Waals surface area contributed by atoms with Gasteiger partial charge in [0.1, 0.15) is 5.75 Å². The molecule has 25 heavy (non-hydrogen) atoms. The third-order valence-electron chi connectivity index (χ3n) is 4.85. The lowest BCUT2D eigenvalue weighted by Gasteiger charge is -2.32. The van der Waals surface area contributed by atoms with Gasteiger partial charge in [-0.15, -0.1) is 0 Å². The van der Waals surface area contributed by atoms with Gasteiger partial charge in [0.15, 0.2) is 0 Å². The molecule has 1 aromatic carbocycles. The van der Waals surface area contributed by atoms with Crippen LogP contribution in [0.25, 0.3) is 0 Å². The monoisotopic (exact) mass is 368 g/mol. The molecule has 5 nitrogen and oxygen atoms in total. The number of hydrogen-bond donors (Lipinski definition) is 0. The molecule has 1 aromatic rings. The van der Waals surface area contributed by atoms with Gasteiger partial charge in [-0.25, -0.2) is 0 Å². The minimum Gasteiger partial charge on any atom is -0.497 e. The number of hydrogen-bond acceptors (Lipinski definition) is 5. The molecule has 2 rings (SSSR count). The fraction of sp³-hybridized carbons (Fsp3) is 0.611. The molecule has 0 amide bonds. The van der Waals surface area contributed by atoms with Gasteiger partial charge >= 0.3 is 13.1 Å². The summed E-state index contributed by atoms with van der Waals surface area (Å²) in [5.74, 6) is -0.0401. The summed E-state index contributed by atoms with van der Waals surface area (Å²) in [5.41, 5.74) is -0.170. The van der Waals surface area contributed by atoms with Crippen LogP contribution in [0.15, 0.2) is 18.2 Å². The first-order chi connectivity index (χ1) is 11.6. The minimum absolute atomic E-state index is 0.133. The summed E-state index contributed by atoms with van der Waals surface area (Å²) in [6.45, 7) is 10.0. The first-order valence-corrected chi connectivity index (χ1v) is 8.83. The highest BCUT2D eigenvalue weighted by Crippen LogP contribution is 2.42. The van der Waals surface area contributed by atoms with Gasteiger partial charge < -0.3 is 18.8 Å². The summed E-state index contributed by atoms with van der Waals surface area (Å²) in [4.78, 5) is 12.1. The summed E-state index contributed by atoms with van der Waals surface area (Å²) in [6, 6.07) is 5.37. The molecular weight excluding hydrogens is 342 g/mol. The molecule has 0 radical (unpaired) electrons. The van der Waals surface area contributed by atoms with E-state index in [9.17, 15) is 4.79 Å². The Balaban J connectivity index is 2.37. The van der Waals surface area contributed by atoms with Crippen molar-refractivity contribution in [2.75, 3.05) is 13.7 Å². The van der Waals surface area contributed by atoms with Crippen LogP contribution in [-0.2, 0) is 18.8 Å². The molecule has 0 aromatic heterocycles. The second-order valence-electron chi connectivity index (χ2n) is 7.16. The third-order valence-corrected chi connectivity index (χ3v) is 5.07. The van der Waals surface area contributed by atoms with E-state index in [-0.39, 0.29) is 18.2 Å². The smallest absolute Gasteiger partial charge is 0.466 e. The zero-order valence-electron chi connectivity index (χ0n) is 15.7. The first kappa shape index (κ1) is 20.1. The Bertz CT molecular complexity index is 616. The summed E-state index contributed by atoms with van der Waals surface area (Å²) >= 11 is 6.21. The van der Waals surface area contributed by atoms with E-state index in [1.54, 1.807) is 26.2 Å². The Morgan fingerprint density at radius 3 is 2.32 bits per heavy atom. The molecule has 1 unspecified atom stereocenters. The van der Waals surface area contributed by atoms with Crippen molar-refractivity contribution in [1.29, 1.82) is 0 Å². The lowest BCUT2D eigenvalue weighted by molar-refractivity contribution is -0.143. The van der Waals surface area contributed by atoms with Crippen molar-refractivity contribution in [1.82, 2.24) is 0 Å². The molecule has 0 spiro atoms. The van der Waals surface area contributed by atoms with Crippen LogP contribution >= 0.6 is 11.6 Å². The number of carbonyl (C=O) groups is 1. The molecule has 0 bridgehead atoms. The van der Waals surface area contributed by atoms with Crippen molar-refractivity contribution < 1.29 is 23.6 Å². The van der Waals surface area contributed by atoms with Crippen molar-refractivity contribution in [2.24, 2.45) is 0 Å². The predicted molar refractivity (Wildman–Crippen MR) is 98.1 cm³/mol. The SMILES string of the molecule is CCOC(=O)CC(B1OC(C)(C)C(C)(C)O1)c1cc(Cl)cc(OC)c1. The van der Waals surface area contributed by atoms with E-state index < -0.39 is 18.3 Å². The van der Waals surface area contributed by atoms with Crippen LogP contribution in [-0.4, -0.2) is 38.0 Å². The van der Waals surface area contributed by atoms with Crippen molar-refractivity contribution in [3.63, 3.8) is 0 Å². The summed E-state index contributed by atoms with van der Waals surface area (Å²) in [6.07, 6.45) is 0.133. The van der Waals surface area contributed by atoms with E-state index in [0.717, 1.165) is 5.56 Å². The van der Waals surface area contributed by atoms with Crippen LogP contribution in [0.3, 0.4) is 0 Å². The second-order valence-corrected chi connectivity index (χ2v) is 7.60. The van der Waals surface area contributed by atoms with E-state index >= 15 is 0 Å². The largest absolute Gasteiger partial charge is 0.497 e. The maximum atomic E-state index is 12.1. The normalized spacial score (nSPS) is 19.6. The number of carbonyl (C=O) groups excluding carboxylic acids is 1. The van der Waals surface area contributed by atoms with Crippen LogP contribution in [0, 0.1) is 0 Å². The Labute approximate surface area is 155 Å². The maximum Gasteiger partial charge on any atom is 0.466 e. The number of benzene rings is 1. The van der Waals surface area contributed by atoms with E-state index in [2.05, 4.69) is 0 Å². The number of esters is 1. The van der Waals surface area contributed by atoms with Crippen molar-refractivity contribution >= 4 is 24.7 Å². The van der Waals surface area contributed by atoms with Gasteiger partial charge in [-0.3, -0.25) is 4.79 Å².